The van der Waals surface area contributed by atoms with Gasteiger partial charge in [-0.1, -0.05) is 30.9 Å². The van der Waals surface area contributed by atoms with Gasteiger partial charge >= 0.3 is 0 Å². The third-order valence-corrected chi connectivity index (χ3v) is 4.34. The van der Waals surface area contributed by atoms with Crippen molar-refractivity contribution in [1.29, 1.82) is 0 Å². The van der Waals surface area contributed by atoms with Gasteiger partial charge in [0.2, 0.25) is 0 Å². The van der Waals surface area contributed by atoms with Crippen LogP contribution in [0.15, 0.2) is 18.2 Å². The van der Waals surface area contributed by atoms with Crippen LogP contribution in [0.4, 0.5) is 0 Å². The lowest BCUT2D eigenvalue weighted by molar-refractivity contribution is 0.443. The molecule has 1 heterocycles. The highest BCUT2D eigenvalue weighted by Gasteiger charge is 2.22. The standard InChI is InChI=1S/C15H19ClN2.ClH/c16-11-6-7-13-12(8-11)15(14(9-17)18-13)10-4-2-1-3-5-10;/h6-8,10,18H,1-5,9,17H2;1H. The molecule has 0 bridgehead atoms. The Morgan fingerprint density at radius 1 is 1.21 bits per heavy atom. The quantitative estimate of drug-likeness (QED) is 0.825. The van der Waals surface area contributed by atoms with Gasteiger partial charge in [-0.2, -0.15) is 0 Å². The van der Waals surface area contributed by atoms with E-state index in [1.54, 1.807) is 0 Å². The lowest BCUT2D eigenvalue weighted by atomic mass is 9.82. The first-order valence-electron chi connectivity index (χ1n) is 6.79. The van der Waals surface area contributed by atoms with Crippen LogP contribution in [0.3, 0.4) is 0 Å². The fraction of sp³-hybridized carbons (Fsp3) is 0.467. The van der Waals surface area contributed by atoms with Gasteiger partial charge < -0.3 is 10.7 Å². The van der Waals surface area contributed by atoms with Crippen LogP contribution in [0.25, 0.3) is 10.9 Å². The minimum Gasteiger partial charge on any atom is -0.357 e. The Balaban J connectivity index is 0.00000133. The van der Waals surface area contributed by atoms with Crippen LogP contribution in [0.5, 0.6) is 0 Å². The molecule has 1 aliphatic rings. The smallest absolute Gasteiger partial charge is 0.0460 e. The minimum absolute atomic E-state index is 0. The average molecular weight is 299 g/mol. The molecule has 19 heavy (non-hydrogen) atoms. The summed E-state index contributed by atoms with van der Waals surface area (Å²) in [5, 5.41) is 2.08. The van der Waals surface area contributed by atoms with Gasteiger partial charge in [0.1, 0.15) is 0 Å². The highest BCUT2D eigenvalue weighted by atomic mass is 35.5. The van der Waals surface area contributed by atoms with Gasteiger partial charge in [-0.25, -0.2) is 0 Å². The summed E-state index contributed by atoms with van der Waals surface area (Å²) < 4.78 is 0. The Hall–Kier alpha value is -0.700. The van der Waals surface area contributed by atoms with E-state index in [-0.39, 0.29) is 12.4 Å². The van der Waals surface area contributed by atoms with Crippen LogP contribution < -0.4 is 5.73 Å². The first-order chi connectivity index (χ1) is 8.79. The highest BCUT2D eigenvalue weighted by molar-refractivity contribution is 6.31. The fourth-order valence-corrected chi connectivity index (χ4v) is 3.43. The van der Waals surface area contributed by atoms with Crippen molar-refractivity contribution >= 4 is 34.9 Å². The van der Waals surface area contributed by atoms with Crippen molar-refractivity contribution in [3.8, 4) is 0 Å². The molecule has 3 rings (SSSR count). The number of hydrogen-bond donors (Lipinski definition) is 2. The molecule has 1 fully saturated rings. The summed E-state index contributed by atoms with van der Waals surface area (Å²) in [6.45, 7) is 0.581. The second-order valence-electron chi connectivity index (χ2n) is 5.25. The summed E-state index contributed by atoms with van der Waals surface area (Å²) in [5.41, 5.74) is 9.68. The van der Waals surface area contributed by atoms with Gasteiger partial charge in [0, 0.05) is 28.2 Å². The number of hydrogen-bond acceptors (Lipinski definition) is 1. The highest BCUT2D eigenvalue weighted by Crippen LogP contribution is 2.39. The van der Waals surface area contributed by atoms with Crippen molar-refractivity contribution in [3.63, 3.8) is 0 Å². The van der Waals surface area contributed by atoms with Gasteiger partial charge in [-0.3, -0.25) is 0 Å². The topological polar surface area (TPSA) is 41.8 Å². The molecular formula is C15H20Cl2N2. The number of fused-ring (bicyclic) bond motifs is 1. The van der Waals surface area contributed by atoms with Crippen LogP contribution in [0.2, 0.25) is 5.02 Å². The normalized spacial score (nSPS) is 16.5. The maximum Gasteiger partial charge on any atom is 0.0460 e. The number of aromatic nitrogens is 1. The summed E-state index contributed by atoms with van der Waals surface area (Å²) in [6, 6.07) is 6.07. The molecule has 104 valence electrons. The third kappa shape index (κ3) is 2.76. The molecule has 0 radical (unpaired) electrons. The largest absolute Gasteiger partial charge is 0.357 e. The summed E-state index contributed by atoms with van der Waals surface area (Å²) in [4.78, 5) is 3.45. The van der Waals surface area contributed by atoms with Crippen LogP contribution in [0.1, 0.15) is 49.3 Å². The molecule has 4 heteroatoms. The van der Waals surface area contributed by atoms with E-state index >= 15 is 0 Å². The van der Waals surface area contributed by atoms with E-state index < -0.39 is 0 Å². The van der Waals surface area contributed by atoms with Crippen molar-refractivity contribution in [3.05, 3.63) is 34.5 Å². The monoisotopic (exact) mass is 298 g/mol. The predicted molar refractivity (Wildman–Crippen MR) is 84.3 cm³/mol. The summed E-state index contributed by atoms with van der Waals surface area (Å²) in [7, 11) is 0. The van der Waals surface area contributed by atoms with Crippen LogP contribution in [-0.4, -0.2) is 4.98 Å². The van der Waals surface area contributed by atoms with E-state index in [0.29, 0.717) is 12.5 Å². The van der Waals surface area contributed by atoms with Gasteiger partial charge in [0.15, 0.2) is 0 Å². The van der Waals surface area contributed by atoms with E-state index in [0.717, 1.165) is 5.02 Å². The lowest BCUT2D eigenvalue weighted by Crippen LogP contribution is -2.08. The number of aromatic amines is 1. The van der Waals surface area contributed by atoms with Gasteiger partial charge in [0.05, 0.1) is 0 Å². The third-order valence-electron chi connectivity index (χ3n) is 4.10. The summed E-state index contributed by atoms with van der Waals surface area (Å²) in [5.74, 6) is 0.657. The van der Waals surface area contributed by atoms with E-state index in [9.17, 15) is 0 Å². The molecule has 2 aromatic rings. The molecule has 1 aliphatic carbocycles. The number of rotatable bonds is 2. The maximum atomic E-state index is 6.14. The van der Waals surface area contributed by atoms with Crippen molar-refractivity contribution in [2.45, 2.75) is 44.6 Å². The second kappa shape index (κ2) is 6.17. The van der Waals surface area contributed by atoms with Gasteiger partial charge in [-0.05, 0) is 42.5 Å². The SMILES string of the molecule is Cl.NCc1[nH]c2ccc(Cl)cc2c1C1CCCCC1. The molecular weight excluding hydrogens is 279 g/mol. The first-order valence-corrected chi connectivity index (χ1v) is 7.17. The Bertz CT molecular complexity index is 557. The Morgan fingerprint density at radius 2 is 1.95 bits per heavy atom. The zero-order valence-corrected chi connectivity index (χ0v) is 12.5. The predicted octanol–water partition coefficient (Wildman–Crippen LogP) is 4.75. The van der Waals surface area contributed by atoms with E-state index in [2.05, 4.69) is 17.1 Å². The molecule has 0 spiro atoms. The first kappa shape index (κ1) is 14.7. The molecule has 0 aliphatic heterocycles. The van der Waals surface area contributed by atoms with Gasteiger partial charge in [0.25, 0.3) is 0 Å². The average Bonchev–Trinajstić information content (AvgIpc) is 2.77. The van der Waals surface area contributed by atoms with E-state index in [1.165, 1.54) is 54.3 Å². The van der Waals surface area contributed by atoms with E-state index in [4.69, 9.17) is 17.3 Å². The van der Waals surface area contributed by atoms with Crippen LogP contribution in [-0.2, 0) is 6.54 Å². The Morgan fingerprint density at radius 3 is 2.63 bits per heavy atom. The number of halogens is 2. The zero-order valence-electron chi connectivity index (χ0n) is 10.9. The van der Waals surface area contributed by atoms with Crippen molar-refractivity contribution in [2.24, 2.45) is 5.73 Å². The zero-order chi connectivity index (χ0) is 12.5. The van der Waals surface area contributed by atoms with Crippen LogP contribution >= 0.6 is 24.0 Å². The Labute approximate surface area is 125 Å². The molecule has 0 saturated heterocycles. The molecule has 3 N–H and O–H groups in total. The van der Waals surface area contributed by atoms with Crippen molar-refractivity contribution in [1.82, 2.24) is 4.98 Å². The number of H-pyrrole nitrogens is 1. The maximum absolute atomic E-state index is 6.14. The molecule has 0 amide bonds. The molecule has 1 saturated carbocycles. The van der Waals surface area contributed by atoms with Gasteiger partial charge in [-0.15, -0.1) is 12.4 Å². The molecule has 1 aromatic heterocycles. The summed E-state index contributed by atoms with van der Waals surface area (Å²) >= 11 is 6.14. The van der Waals surface area contributed by atoms with Crippen molar-refractivity contribution in [2.75, 3.05) is 0 Å². The fourth-order valence-electron chi connectivity index (χ4n) is 3.26. The van der Waals surface area contributed by atoms with E-state index in [1.807, 2.05) is 6.07 Å². The summed E-state index contributed by atoms with van der Waals surface area (Å²) in [6.07, 6.45) is 6.61. The molecule has 0 atom stereocenters. The molecule has 2 nitrogen and oxygen atoms in total. The number of benzene rings is 1. The lowest BCUT2D eigenvalue weighted by Gasteiger charge is -2.22. The van der Waals surface area contributed by atoms with Crippen LogP contribution in [0, 0.1) is 0 Å². The number of nitrogens with two attached hydrogens (primary N) is 1. The second-order valence-corrected chi connectivity index (χ2v) is 5.68. The molecule has 1 aromatic carbocycles. The Kier molecular flexibility index (Phi) is 4.77. The minimum atomic E-state index is 0. The van der Waals surface area contributed by atoms with Crippen molar-refractivity contribution < 1.29 is 0 Å². The molecule has 0 unspecified atom stereocenters. The number of nitrogens with one attached hydrogen (secondary N) is 1.